The van der Waals surface area contributed by atoms with E-state index < -0.39 is 23.5 Å². The first-order valence-corrected chi connectivity index (χ1v) is 9.24. The second kappa shape index (κ2) is 8.10. The van der Waals surface area contributed by atoms with Crippen LogP contribution in [0, 0.1) is 5.82 Å². The third-order valence-electron chi connectivity index (χ3n) is 4.68. The average molecular weight is 390 g/mol. The van der Waals surface area contributed by atoms with Gasteiger partial charge in [0.15, 0.2) is 5.65 Å². The normalized spacial score (nSPS) is 12.0. The Morgan fingerprint density at radius 3 is 2.48 bits per heavy atom. The van der Waals surface area contributed by atoms with Crippen LogP contribution in [0.4, 0.5) is 4.39 Å². The minimum Gasteiger partial charge on any atom is -0.347 e. The van der Waals surface area contributed by atoms with Crippen molar-refractivity contribution in [1.29, 1.82) is 0 Å². The Morgan fingerprint density at radius 1 is 1.00 bits per heavy atom. The van der Waals surface area contributed by atoms with Crippen molar-refractivity contribution in [1.82, 2.24) is 19.5 Å². The summed E-state index contributed by atoms with van der Waals surface area (Å²) in [5.74, 6) is -0.807. The fourth-order valence-corrected chi connectivity index (χ4v) is 3.29. The zero-order chi connectivity index (χ0) is 20.2. The maximum atomic E-state index is 14.4. The van der Waals surface area contributed by atoms with Gasteiger partial charge in [0.2, 0.25) is 5.91 Å². The van der Waals surface area contributed by atoms with E-state index in [1.807, 2.05) is 30.3 Å². The van der Waals surface area contributed by atoms with Crippen LogP contribution in [-0.2, 0) is 17.8 Å². The fraction of sp³-hybridized carbons (Fsp3) is 0.136. The Balaban J connectivity index is 1.58. The van der Waals surface area contributed by atoms with Crippen LogP contribution in [0.15, 0.2) is 83.8 Å². The second-order valence-electron chi connectivity index (χ2n) is 6.70. The van der Waals surface area contributed by atoms with E-state index in [-0.39, 0.29) is 6.54 Å². The highest BCUT2D eigenvalue weighted by atomic mass is 19.1. The van der Waals surface area contributed by atoms with Gasteiger partial charge in [0, 0.05) is 11.8 Å². The Morgan fingerprint density at radius 2 is 1.72 bits per heavy atom. The molecule has 1 N–H and O–H groups in total. The second-order valence-corrected chi connectivity index (χ2v) is 6.70. The number of carbonyl (C=O) groups excluding carboxylic acids is 1. The molecule has 2 aromatic heterocycles. The summed E-state index contributed by atoms with van der Waals surface area (Å²) in [4.78, 5) is 25.1. The average Bonchev–Trinajstić information content (AvgIpc) is 3.04. The van der Waals surface area contributed by atoms with Crippen LogP contribution in [0.5, 0.6) is 0 Å². The SMILES string of the molecule is O=C(Cn1nc2ccccn2c1=O)NC(Cc1ccccc1)c1ccccc1F. The number of rotatable bonds is 6. The van der Waals surface area contributed by atoms with Crippen LogP contribution < -0.4 is 11.0 Å². The molecule has 0 radical (unpaired) electrons. The third-order valence-corrected chi connectivity index (χ3v) is 4.68. The summed E-state index contributed by atoms with van der Waals surface area (Å²) in [7, 11) is 0. The number of hydrogen-bond donors (Lipinski definition) is 1. The molecule has 1 atom stereocenters. The van der Waals surface area contributed by atoms with Gasteiger partial charge in [-0.3, -0.25) is 9.20 Å². The number of pyridine rings is 1. The lowest BCUT2D eigenvalue weighted by Gasteiger charge is -2.20. The van der Waals surface area contributed by atoms with Gasteiger partial charge >= 0.3 is 5.69 Å². The summed E-state index contributed by atoms with van der Waals surface area (Å²) < 4.78 is 16.9. The van der Waals surface area contributed by atoms with E-state index in [0.29, 0.717) is 17.6 Å². The number of aromatic nitrogens is 3. The molecule has 0 aliphatic rings. The van der Waals surface area contributed by atoms with Crippen molar-refractivity contribution >= 4 is 11.6 Å². The molecule has 2 heterocycles. The van der Waals surface area contributed by atoms with Crippen LogP contribution in [0.2, 0.25) is 0 Å². The number of benzene rings is 2. The van der Waals surface area contributed by atoms with Crippen molar-refractivity contribution in [3.63, 3.8) is 0 Å². The van der Waals surface area contributed by atoms with Crippen molar-refractivity contribution in [3.05, 3.63) is 106 Å². The molecule has 29 heavy (non-hydrogen) atoms. The first-order valence-electron chi connectivity index (χ1n) is 9.24. The van der Waals surface area contributed by atoms with Gasteiger partial charge in [-0.25, -0.2) is 13.9 Å². The van der Waals surface area contributed by atoms with E-state index >= 15 is 0 Å². The van der Waals surface area contributed by atoms with Crippen LogP contribution in [0.1, 0.15) is 17.2 Å². The van der Waals surface area contributed by atoms with Crippen LogP contribution >= 0.6 is 0 Å². The third kappa shape index (κ3) is 4.08. The van der Waals surface area contributed by atoms with E-state index in [1.165, 1.54) is 10.5 Å². The summed E-state index contributed by atoms with van der Waals surface area (Å²) in [6.45, 7) is -0.250. The number of nitrogens with one attached hydrogen (secondary N) is 1. The van der Waals surface area contributed by atoms with E-state index in [0.717, 1.165) is 10.2 Å². The molecule has 4 aromatic rings. The van der Waals surface area contributed by atoms with Gasteiger partial charge in [-0.1, -0.05) is 54.6 Å². The summed E-state index contributed by atoms with van der Waals surface area (Å²) in [5.41, 5.74) is 1.42. The summed E-state index contributed by atoms with van der Waals surface area (Å²) in [5, 5.41) is 7.02. The Bertz CT molecular complexity index is 1200. The fourth-order valence-electron chi connectivity index (χ4n) is 3.29. The molecule has 0 saturated carbocycles. The van der Waals surface area contributed by atoms with E-state index in [2.05, 4.69) is 10.4 Å². The van der Waals surface area contributed by atoms with E-state index in [4.69, 9.17) is 0 Å². The molecular formula is C22H19FN4O2. The lowest BCUT2D eigenvalue weighted by Crippen LogP contribution is -2.36. The quantitative estimate of drug-likeness (QED) is 0.550. The molecule has 4 rings (SSSR count). The Kier molecular flexibility index (Phi) is 5.20. The molecule has 6 nitrogen and oxygen atoms in total. The number of halogens is 1. The molecule has 0 bridgehead atoms. The van der Waals surface area contributed by atoms with Crippen LogP contribution in [0.3, 0.4) is 0 Å². The number of amides is 1. The van der Waals surface area contributed by atoms with Crippen LogP contribution in [0.25, 0.3) is 5.65 Å². The minimum atomic E-state index is -0.571. The lowest BCUT2D eigenvalue weighted by molar-refractivity contribution is -0.122. The van der Waals surface area contributed by atoms with Gasteiger partial charge in [-0.05, 0) is 30.2 Å². The van der Waals surface area contributed by atoms with Crippen molar-refractivity contribution < 1.29 is 9.18 Å². The number of carbonyl (C=O) groups is 1. The molecule has 0 aliphatic carbocycles. The van der Waals surface area contributed by atoms with E-state index in [9.17, 15) is 14.0 Å². The van der Waals surface area contributed by atoms with Crippen molar-refractivity contribution in [2.45, 2.75) is 19.0 Å². The summed E-state index contributed by atoms with van der Waals surface area (Å²) in [6.07, 6.45) is 2.02. The predicted octanol–water partition coefficient (Wildman–Crippen LogP) is 2.74. The topological polar surface area (TPSA) is 68.4 Å². The molecular weight excluding hydrogens is 371 g/mol. The highest BCUT2D eigenvalue weighted by molar-refractivity contribution is 5.76. The van der Waals surface area contributed by atoms with Crippen molar-refractivity contribution in [2.75, 3.05) is 0 Å². The molecule has 146 valence electrons. The molecule has 0 saturated heterocycles. The standard InChI is InChI=1S/C22H19FN4O2/c23-18-11-5-4-10-17(18)19(14-16-8-2-1-3-9-16)24-21(28)15-27-22(29)26-13-7-6-12-20(26)25-27/h1-13,19H,14-15H2,(H,24,28). The molecule has 2 aromatic carbocycles. The van der Waals surface area contributed by atoms with Gasteiger partial charge in [0.1, 0.15) is 12.4 Å². The minimum absolute atomic E-state index is 0.250. The highest BCUT2D eigenvalue weighted by Crippen LogP contribution is 2.21. The molecule has 1 unspecified atom stereocenters. The smallest absolute Gasteiger partial charge is 0.347 e. The zero-order valence-electron chi connectivity index (χ0n) is 15.5. The van der Waals surface area contributed by atoms with Crippen LogP contribution in [-0.4, -0.2) is 20.1 Å². The first kappa shape index (κ1) is 18.6. The van der Waals surface area contributed by atoms with Gasteiger partial charge in [-0.2, -0.15) is 0 Å². The highest BCUT2D eigenvalue weighted by Gasteiger charge is 2.20. The predicted molar refractivity (Wildman–Crippen MR) is 107 cm³/mol. The molecule has 0 spiro atoms. The maximum absolute atomic E-state index is 14.4. The summed E-state index contributed by atoms with van der Waals surface area (Å²) >= 11 is 0. The van der Waals surface area contributed by atoms with Gasteiger partial charge in [-0.15, -0.1) is 5.10 Å². The number of hydrogen-bond acceptors (Lipinski definition) is 3. The van der Waals surface area contributed by atoms with Gasteiger partial charge in [0.25, 0.3) is 0 Å². The van der Waals surface area contributed by atoms with Crippen molar-refractivity contribution in [3.8, 4) is 0 Å². The maximum Gasteiger partial charge on any atom is 0.350 e. The monoisotopic (exact) mass is 390 g/mol. The largest absolute Gasteiger partial charge is 0.350 e. The molecule has 0 fully saturated rings. The molecule has 1 amide bonds. The Labute approximate surface area is 166 Å². The summed E-state index contributed by atoms with van der Waals surface area (Å²) in [6, 6.07) is 20.5. The zero-order valence-corrected chi connectivity index (χ0v) is 15.5. The molecule has 0 aliphatic heterocycles. The first-order chi connectivity index (χ1) is 14.1. The van der Waals surface area contributed by atoms with E-state index in [1.54, 1.807) is 42.6 Å². The lowest BCUT2D eigenvalue weighted by atomic mass is 9.98. The van der Waals surface area contributed by atoms with Gasteiger partial charge in [0.05, 0.1) is 6.04 Å². The van der Waals surface area contributed by atoms with Crippen molar-refractivity contribution in [2.24, 2.45) is 0 Å². The van der Waals surface area contributed by atoms with Gasteiger partial charge < -0.3 is 5.32 Å². The molecule has 7 heteroatoms. The number of fused-ring (bicyclic) bond motifs is 1. The Hall–Kier alpha value is -3.74. The number of nitrogens with zero attached hydrogens (tertiary/aromatic N) is 3.